The second-order valence-electron chi connectivity index (χ2n) is 4.07. The largest absolute Gasteiger partial charge is 0.775 e. The summed E-state index contributed by atoms with van der Waals surface area (Å²) in [6, 6.07) is 0. The normalized spacial score (nSPS) is 17.6. The van der Waals surface area contributed by atoms with Crippen molar-refractivity contribution in [2.45, 2.75) is 0 Å². The van der Waals surface area contributed by atoms with Crippen molar-refractivity contribution in [3.63, 3.8) is 0 Å². The molecule has 2 atom stereocenters. The van der Waals surface area contributed by atoms with Crippen molar-refractivity contribution < 1.29 is 59.9 Å². The Kier molecular flexibility index (Phi) is 11.0. The third-order valence-electron chi connectivity index (χ3n) is 1.49. The first kappa shape index (κ1) is 30.1. The summed E-state index contributed by atoms with van der Waals surface area (Å²) < 4.78 is 128. The fourth-order valence-electron chi connectivity index (χ4n) is 0.848. The molecule has 0 aliphatic carbocycles. The van der Waals surface area contributed by atoms with Gasteiger partial charge in [0.05, 0.1) is 14.2 Å². The minimum absolute atomic E-state index is 0.667. The van der Waals surface area contributed by atoms with E-state index in [2.05, 4.69) is 13.5 Å². The van der Waals surface area contributed by atoms with Crippen LogP contribution in [0, 0.1) is 0 Å². The highest BCUT2D eigenvalue weighted by atomic mass is 32.3. The Bertz CT molecular complexity index is 963. The van der Waals surface area contributed by atoms with Gasteiger partial charge in [-0.05, 0) is 0 Å². The van der Waals surface area contributed by atoms with Crippen molar-refractivity contribution in [3.05, 3.63) is 0 Å². The first-order chi connectivity index (χ1) is 11.9. The molecule has 0 aromatic carbocycles. The second-order valence-corrected chi connectivity index (χ2v) is 14.4. The predicted octanol–water partition coefficient (Wildman–Crippen LogP) is -4.18. The third kappa shape index (κ3) is 17.9. The van der Waals surface area contributed by atoms with E-state index in [0.29, 0.717) is 13.8 Å². The Morgan fingerprint density at radius 3 is 1.46 bits per heavy atom. The fraction of sp³-hybridized carbons (Fsp3) is 1.00. The highest BCUT2D eigenvalue weighted by Crippen LogP contribution is 2.33. The van der Waals surface area contributed by atoms with Crippen LogP contribution < -0.4 is 28.0 Å². The van der Waals surface area contributed by atoms with Crippen LogP contribution in [0.4, 0.5) is 3.89 Å². The lowest BCUT2D eigenvalue weighted by molar-refractivity contribution is -0.178. The molecule has 0 spiro atoms. The molecule has 0 heterocycles. The van der Waals surface area contributed by atoms with E-state index in [-0.39, 0.29) is 0 Å². The zero-order valence-corrected chi connectivity index (χ0v) is 18.8. The molecule has 6 N–H and O–H groups in total. The Morgan fingerprint density at radius 1 is 0.821 bits per heavy atom. The topological polar surface area (TPSA) is 286 Å². The number of rotatable bonds is 10. The van der Waals surface area contributed by atoms with Crippen molar-refractivity contribution in [2.75, 3.05) is 20.9 Å². The van der Waals surface area contributed by atoms with Gasteiger partial charge < -0.3 is 9.46 Å². The maximum atomic E-state index is 12.0. The van der Waals surface area contributed by atoms with E-state index in [0.717, 1.165) is 20.6 Å². The molecule has 2 unspecified atom stereocenters. The van der Waals surface area contributed by atoms with E-state index in [9.17, 15) is 51.6 Å². The molecular weight excluding hydrogens is 523 g/mol. The van der Waals surface area contributed by atoms with Crippen LogP contribution in [0.15, 0.2) is 0 Å². The van der Waals surface area contributed by atoms with Crippen molar-refractivity contribution in [1.29, 1.82) is 0 Å². The van der Waals surface area contributed by atoms with Crippen LogP contribution in [0.1, 0.15) is 0 Å². The summed E-state index contributed by atoms with van der Waals surface area (Å²) in [7, 11) is -26.6. The number of hydrogen-bond donors (Lipinski definition) is 5. The second kappa shape index (κ2) is 10.3. The molecule has 25 heteroatoms. The fourth-order valence-corrected chi connectivity index (χ4v) is 8.30. The zero-order chi connectivity index (χ0) is 23.2. The average molecular weight is 538 g/mol. The molecule has 0 radical (unpaired) electrons. The van der Waals surface area contributed by atoms with Gasteiger partial charge in [-0.25, -0.2) is 5.14 Å². The highest BCUT2D eigenvalue weighted by Gasteiger charge is 2.28. The van der Waals surface area contributed by atoms with Crippen LogP contribution in [0.2, 0.25) is 0 Å². The van der Waals surface area contributed by atoms with Crippen LogP contribution in [0.3, 0.4) is 0 Å². The highest BCUT2D eigenvalue weighted by molar-refractivity contribution is 7.97. The molecule has 172 valence electrons. The monoisotopic (exact) mass is 538 g/mol. The Hall–Kier alpha value is -0.130. The lowest BCUT2D eigenvalue weighted by atomic mass is 11.8. The van der Waals surface area contributed by atoms with Crippen molar-refractivity contribution in [1.82, 2.24) is 18.0 Å². The van der Waals surface area contributed by atoms with E-state index in [1.807, 2.05) is 0 Å². The minimum Gasteiger partial charge on any atom is -0.775 e. The predicted molar refractivity (Wildman–Crippen MR) is 88.7 cm³/mol. The molecule has 0 aliphatic heterocycles. The van der Waals surface area contributed by atoms with Crippen LogP contribution >= 0.6 is 15.1 Å². The maximum Gasteiger partial charge on any atom is 0.379 e. The van der Waals surface area contributed by atoms with Gasteiger partial charge in [0, 0.05) is 6.66 Å². The quantitative estimate of drug-likeness (QED) is 0.130. The molecule has 0 fully saturated rings. The third-order valence-corrected chi connectivity index (χ3v) is 10.8. The molecule has 0 aliphatic rings. The Labute approximate surface area is 160 Å². The first-order valence-corrected chi connectivity index (χ1v) is 15.1. The summed E-state index contributed by atoms with van der Waals surface area (Å²) in [6.45, 7) is 0.667. The summed E-state index contributed by atoms with van der Waals surface area (Å²) in [5.74, 6) is 0. The average Bonchev–Trinajstić information content (AvgIpc) is 2.30. The molecule has 0 saturated heterocycles. The van der Waals surface area contributed by atoms with Crippen molar-refractivity contribution in [2.24, 2.45) is 5.14 Å². The molecule has 0 amide bonds. The summed E-state index contributed by atoms with van der Waals surface area (Å²) in [5.41, 5.74) is 0. The van der Waals surface area contributed by atoms with Gasteiger partial charge in [-0.2, -0.15) is 33.7 Å². The Morgan fingerprint density at radius 2 is 1.18 bits per heavy atom. The van der Waals surface area contributed by atoms with Gasteiger partial charge >= 0.3 is 31.0 Å². The van der Waals surface area contributed by atoms with Crippen molar-refractivity contribution in [3.8, 4) is 0 Å². The van der Waals surface area contributed by atoms with Crippen molar-refractivity contribution >= 4 is 56.3 Å². The minimum atomic E-state index is -5.26. The van der Waals surface area contributed by atoms with Gasteiger partial charge in [-0.3, -0.25) is 12.9 Å². The lowest BCUT2D eigenvalue weighted by Crippen LogP contribution is -2.40. The molecule has 0 aromatic heterocycles. The molecule has 28 heavy (non-hydrogen) atoms. The van der Waals surface area contributed by atoms with E-state index >= 15 is 0 Å². The molecule has 0 aromatic rings. The zero-order valence-electron chi connectivity index (χ0n) is 13.8. The van der Waals surface area contributed by atoms with Gasteiger partial charge in [0.2, 0.25) is 7.44 Å². The van der Waals surface area contributed by atoms with Crippen LogP contribution in [-0.4, -0.2) is 54.6 Å². The van der Waals surface area contributed by atoms with Gasteiger partial charge in [-0.15, -0.1) is 18.0 Å². The van der Waals surface area contributed by atoms with E-state index in [1.165, 1.54) is 4.49 Å². The maximum absolute atomic E-state index is 12.0. The lowest BCUT2D eigenvalue weighted by Gasteiger charge is -2.22. The van der Waals surface area contributed by atoms with Gasteiger partial charge in [0.25, 0.3) is 10.2 Å². The first-order valence-electron chi connectivity index (χ1n) is 5.58. The van der Waals surface area contributed by atoms with E-state index in [1.54, 1.807) is 0 Å². The molecule has 18 nitrogen and oxygen atoms in total. The summed E-state index contributed by atoms with van der Waals surface area (Å²) in [5, 5.41) is 4.30. The molecule has 0 saturated carbocycles. The number of nitrogens with two attached hydrogens (primary N) is 1. The number of halogens is 1. The summed E-state index contributed by atoms with van der Waals surface area (Å²) in [6.07, 6.45) is 0. The SMILES string of the molecule is COS(=O)(=O)NP(=O)([O-])NS(N)(=O)=O.COS(=O)(=O)NP(C)(=O)NS(=O)(=O)F. The van der Waals surface area contributed by atoms with Gasteiger partial charge in [0.15, 0.2) is 7.67 Å². The summed E-state index contributed by atoms with van der Waals surface area (Å²) >= 11 is 0. The molecule has 0 bridgehead atoms. The van der Waals surface area contributed by atoms with E-state index < -0.39 is 56.3 Å². The number of nitrogens with one attached hydrogen (secondary N) is 4. The smallest absolute Gasteiger partial charge is 0.379 e. The van der Waals surface area contributed by atoms with Crippen LogP contribution in [0.25, 0.3) is 0 Å². The summed E-state index contributed by atoms with van der Waals surface area (Å²) in [4.78, 5) is 10.7. The van der Waals surface area contributed by atoms with Gasteiger partial charge in [-0.1, -0.05) is 3.89 Å². The number of hydrogen-bond acceptors (Lipinski definition) is 13. The van der Waals surface area contributed by atoms with Crippen LogP contribution in [0.5, 0.6) is 0 Å². The Balaban J connectivity index is 0. The standard InChI is InChI=1S/C2H8FN2O6PS2.CH8N3O7PS2/c1-11-14(9,10)5-12(2,6)4-13(3,7)8;1-11-14(9,10)4-12(5,6)3-13(2,7)8/h1-2H3,(H2,4,5,6);1H3,(H2,2,7,8)(H3,3,4,5,6)/p-1. The van der Waals surface area contributed by atoms with Gasteiger partial charge in [0.1, 0.15) is 0 Å². The van der Waals surface area contributed by atoms with Crippen LogP contribution in [-0.2, 0) is 58.7 Å². The molecular formula is C3H15FN5O13P2S4-. The van der Waals surface area contributed by atoms with E-state index in [4.69, 9.17) is 0 Å². The molecule has 0 rings (SSSR count).